The number of fused-ring (bicyclic) bond motifs is 5. The lowest BCUT2D eigenvalue weighted by Gasteiger charge is -2.60. The Bertz CT molecular complexity index is 524. The van der Waals surface area contributed by atoms with Crippen molar-refractivity contribution in [1.82, 2.24) is 0 Å². The van der Waals surface area contributed by atoms with Crippen LogP contribution in [0.15, 0.2) is 11.6 Å². The Morgan fingerprint density at radius 1 is 1.09 bits per heavy atom. The van der Waals surface area contributed by atoms with Gasteiger partial charge in [-0.3, -0.25) is 4.79 Å². The number of nitrogens with two attached hydrogens (primary N) is 1. The summed E-state index contributed by atoms with van der Waals surface area (Å²) in [5.74, 6) is 3.20. The standard InChI is InChI=1S/C20H31NO/c1-19-11-4-3-5-13(19)6-7-14-15-8-9-17(18(21)22)20(15,2)12-10-16(14)19/h9,13-16H,3-8,10-12H2,1-2H3,(H2,21,22)/t13?,14-,15-,16+,19-,20-/m0/s1. The first-order chi connectivity index (χ1) is 10.5. The van der Waals surface area contributed by atoms with Crippen LogP contribution in [0.4, 0.5) is 0 Å². The van der Waals surface area contributed by atoms with E-state index in [0.29, 0.717) is 11.3 Å². The number of hydrogen-bond acceptors (Lipinski definition) is 1. The van der Waals surface area contributed by atoms with Crippen LogP contribution >= 0.6 is 0 Å². The van der Waals surface area contributed by atoms with Gasteiger partial charge in [0.1, 0.15) is 0 Å². The first kappa shape index (κ1) is 14.8. The maximum atomic E-state index is 11.9. The Morgan fingerprint density at radius 2 is 1.91 bits per heavy atom. The van der Waals surface area contributed by atoms with Crippen molar-refractivity contribution in [2.24, 2.45) is 40.2 Å². The molecule has 4 rings (SSSR count). The van der Waals surface area contributed by atoms with E-state index in [1.165, 1.54) is 51.4 Å². The van der Waals surface area contributed by atoms with E-state index < -0.39 is 0 Å². The maximum Gasteiger partial charge on any atom is 0.244 e. The van der Waals surface area contributed by atoms with Gasteiger partial charge in [0.15, 0.2) is 0 Å². The van der Waals surface area contributed by atoms with Crippen molar-refractivity contribution in [2.45, 2.75) is 71.6 Å². The number of rotatable bonds is 1. The molecule has 0 aliphatic heterocycles. The molecule has 2 N–H and O–H groups in total. The van der Waals surface area contributed by atoms with E-state index in [9.17, 15) is 4.79 Å². The Kier molecular flexibility index (Phi) is 3.26. The highest BCUT2D eigenvalue weighted by Crippen LogP contribution is 2.66. The van der Waals surface area contributed by atoms with E-state index in [4.69, 9.17) is 5.73 Å². The highest BCUT2D eigenvalue weighted by Gasteiger charge is 2.58. The van der Waals surface area contributed by atoms with Crippen LogP contribution < -0.4 is 5.73 Å². The summed E-state index contributed by atoms with van der Waals surface area (Å²) in [4.78, 5) is 11.9. The predicted molar refractivity (Wildman–Crippen MR) is 89.0 cm³/mol. The van der Waals surface area contributed by atoms with Crippen molar-refractivity contribution in [1.29, 1.82) is 0 Å². The zero-order valence-corrected chi connectivity index (χ0v) is 14.2. The Hall–Kier alpha value is -0.790. The molecule has 0 radical (unpaired) electrons. The zero-order chi connectivity index (χ0) is 15.5. The van der Waals surface area contributed by atoms with Crippen LogP contribution in [0, 0.1) is 34.5 Å². The summed E-state index contributed by atoms with van der Waals surface area (Å²) in [6.07, 6.45) is 14.4. The van der Waals surface area contributed by atoms with Gasteiger partial charge in [0, 0.05) is 11.0 Å². The quantitative estimate of drug-likeness (QED) is 0.764. The summed E-state index contributed by atoms with van der Waals surface area (Å²) in [6.45, 7) is 4.93. The largest absolute Gasteiger partial charge is 0.366 e. The van der Waals surface area contributed by atoms with E-state index in [1.807, 2.05) is 0 Å². The Balaban J connectivity index is 1.64. The number of carbonyl (C=O) groups excluding carboxylic acids is 1. The van der Waals surface area contributed by atoms with Crippen LogP contribution in [0.1, 0.15) is 71.6 Å². The van der Waals surface area contributed by atoms with E-state index in [-0.39, 0.29) is 11.3 Å². The average molecular weight is 301 g/mol. The summed E-state index contributed by atoms with van der Waals surface area (Å²) < 4.78 is 0. The van der Waals surface area contributed by atoms with Crippen LogP contribution in [-0.2, 0) is 4.79 Å². The minimum Gasteiger partial charge on any atom is -0.366 e. The van der Waals surface area contributed by atoms with Gasteiger partial charge in [0.25, 0.3) is 0 Å². The van der Waals surface area contributed by atoms with Crippen LogP contribution in [0.25, 0.3) is 0 Å². The third-order valence-corrected chi connectivity index (χ3v) is 8.43. The number of allylic oxidation sites excluding steroid dienone is 1. The van der Waals surface area contributed by atoms with Crippen LogP contribution in [0.5, 0.6) is 0 Å². The molecule has 1 unspecified atom stereocenters. The lowest BCUT2D eigenvalue weighted by Crippen LogP contribution is -2.52. The van der Waals surface area contributed by atoms with Gasteiger partial charge < -0.3 is 5.73 Å². The first-order valence-corrected chi connectivity index (χ1v) is 9.47. The summed E-state index contributed by atoms with van der Waals surface area (Å²) in [6, 6.07) is 0. The lowest BCUT2D eigenvalue weighted by molar-refractivity contribution is -0.119. The number of carbonyl (C=O) groups is 1. The first-order valence-electron chi connectivity index (χ1n) is 9.47. The van der Waals surface area contributed by atoms with Crippen molar-refractivity contribution < 1.29 is 4.79 Å². The Labute approximate surface area is 134 Å². The van der Waals surface area contributed by atoms with Gasteiger partial charge in [-0.1, -0.05) is 32.8 Å². The second-order valence-corrected chi connectivity index (χ2v) is 9.08. The molecule has 2 nitrogen and oxygen atoms in total. The number of hydrogen-bond donors (Lipinski definition) is 1. The van der Waals surface area contributed by atoms with Crippen molar-refractivity contribution in [2.75, 3.05) is 0 Å². The monoisotopic (exact) mass is 301 g/mol. The van der Waals surface area contributed by atoms with Gasteiger partial charge in [-0.25, -0.2) is 0 Å². The molecule has 4 aliphatic carbocycles. The molecule has 3 saturated carbocycles. The van der Waals surface area contributed by atoms with Gasteiger partial charge >= 0.3 is 0 Å². The third kappa shape index (κ3) is 1.82. The lowest BCUT2D eigenvalue weighted by atomic mass is 9.45. The summed E-state index contributed by atoms with van der Waals surface area (Å²) >= 11 is 0. The fraction of sp³-hybridized carbons (Fsp3) is 0.850. The van der Waals surface area contributed by atoms with Crippen molar-refractivity contribution in [3.05, 3.63) is 11.6 Å². The number of amides is 1. The van der Waals surface area contributed by atoms with E-state index >= 15 is 0 Å². The van der Waals surface area contributed by atoms with Gasteiger partial charge in [-0.05, 0) is 74.0 Å². The molecular weight excluding hydrogens is 270 g/mol. The maximum absolute atomic E-state index is 11.9. The SMILES string of the molecule is C[C@]12CCCCC1CC[C@@H]1[C@H]2CC[C@]2(C)C(C(N)=O)=CC[C@@H]12. The highest BCUT2D eigenvalue weighted by molar-refractivity contribution is 5.94. The van der Waals surface area contributed by atoms with Crippen LogP contribution in [0.2, 0.25) is 0 Å². The zero-order valence-electron chi connectivity index (χ0n) is 14.2. The molecule has 122 valence electrons. The minimum atomic E-state index is -0.166. The van der Waals surface area contributed by atoms with Gasteiger partial charge in [-0.15, -0.1) is 0 Å². The summed E-state index contributed by atoms with van der Waals surface area (Å²) in [7, 11) is 0. The van der Waals surface area contributed by atoms with Gasteiger partial charge in [-0.2, -0.15) is 0 Å². The summed E-state index contributed by atoms with van der Waals surface area (Å²) in [5.41, 5.74) is 7.29. The highest BCUT2D eigenvalue weighted by atomic mass is 16.1. The molecule has 0 bridgehead atoms. The predicted octanol–water partition coefficient (Wildman–Crippen LogP) is 4.44. The molecule has 0 aromatic rings. The molecule has 0 heterocycles. The molecule has 0 aromatic carbocycles. The van der Waals surface area contributed by atoms with Gasteiger partial charge in [0.2, 0.25) is 5.91 Å². The van der Waals surface area contributed by atoms with Crippen molar-refractivity contribution in [3.8, 4) is 0 Å². The molecule has 6 atom stereocenters. The smallest absolute Gasteiger partial charge is 0.244 e. The van der Waals surface area contributed by atoms with E-state index in [2.05, 4.69) is 19.9 Å². The van der Waals surface area contributed by atoms with E-state index in [1.54, 1.807) is 0 Å². The molecule has 0 aromatic heterocycles. The van der Waals surface area contributed by atoms with Gasteiger partial charge in [0.05, 0.1) is 0 Å². The number of primary amides is 1. The van der Waals surface area contributed by atoms with Crippen LogP contribution in [-0.4, -0.2) is 5.91 Å². The molecule has 4 aliphatic rings. The normalized spacial score (nSPS) is 50.5. The fourth-order valence-corrected chi connectivity index (χ4v) is 7.24. The average Bonchev–Trinajstić information content (AvgIpc) is 2.84. The molecule has 22 heavy (non-hydrogen) atoms. The molecular formula is C20H31NO. The van der Waals surface area contributed by atoms with Crippen molar-refractivity contribution >= 4 is 5.91 Å². The third-order valence-electron chi connectivity index (χ3n) is 8.43. The van der Waals surface area contributed by atoms with E-state index in [0.717, 1.165) is 29.7 Å². The minimum absolute atomic E-state index is 0.0743. The van der Waals surface area contributed by atoms with Crippen molar-refractivity contribution in [3.63, 3.8) is 0 Å². The molecule has 1 amide bonds. The molecule has 2 heteroatoms. The summed E-state index contributed by atoms with van der Waals surface area (Å²) in [5, 5.41) is 0. The van der Waals surface area contributed by atoms with Crippen LogP contribution in [0.3, 0.4) is 0 Å². The fourth-order valence-electron chi connectivity index (χ4n) is 7.24. The Morgan fingerprint density at radius 3 is 2.68 bits per heavy atom. The second kappa shape index (κ2) is 4.85. The molecule has 0 saturated heterocycles. The molecule has 3 fully saturated rings. The molecule has 0 spiro atoms. The topological polar surface area (TPSA) is 43.1 Å². The second-order valence-electron chi connectivity index (χ2n) is 9.08.